The first-order valence-corrected chi connectivity index (χ1v) is 7.14. The predicted molar refractivity (Wildman–Crippen MR) is 73.1 cm³/mol. The lowest BCUT2D eigenvalue weighted by atomic mass is 9.94. The molecular formula is C14H18Cl2O. The van der Waals surface area contributed by atoms with Gasteiger partial charge in [-0.2, -0.15) is 0 Å². The van der Waals surface area contributed by atoms with Gasteiger partial charge in [0, 0.05) is 17.5 Å². The summed E-state index contributed by atoms with van der Waals surface area (Å²) in [6.07, 6.45) is 5.02. The Kier molecular flexibility index (Phi) is 5.15. The molecule has 94 valence electrons. The van der Waals surface area contributed by atoms with Crippen LogP contribution in [0, 0.1) is 0 Å². The Morgan fingerprint density at radius 1 is 1.41 bits per heavy atom. The second-order valence-electron chi connectivity index (χ2n) is 4.62. The van der Waals surface area contributed by atoms with Gasteiger partial charge in [0.2, 0.25) is 0 Å². The zero-order valence-electron chi connectivity index (χ0n) is 9.87. The van der Waals surface area contributed by atoms with E-state index < -0.39 is 0 Å². The third-order valence-corrected chi connectivity index (χ3v) is 3.98. The topological polar surface area (TPSA) is 9.23 Å². The van der Waals surface area contributed by atoms with Crippen molar-refractivity contribution in [1.29, 1.82) is 0 Å². The first-order chi connectivity index (χ1) is 8.29. The van der Waals surface area contributed by atoms with Crippen molar-refractivity contribution in [3.63, 3.8) is 0 Å². The Hall–Kier alpha value is -0.240. The molecule has 0 aromatic heterocycles. The van der Waals surface area contributed by atoms with Gasteiger partial charge in [0.1, 0.15) is 0 Å². The summed E-state index contributed by atoms with van der Waals surface area (Å²) >= 11 is 12.1. The second-order valence-corrected chi connectivity index (χ2v) is 5.36. The van der Waals surface area contributed by atoms with Gasteiger partial charge in [0.05, 0.1) is 6.10 Å². The highest BCUT2D eigenvalue weighted by molar-refractivity contribution is 6.30. The molecule has 2 atom stereocenters. The van der Waals surface area contributed by atoms with Crippen molar-refractivity contribution in [2.24, 2.45) is 0 Å². The molecule has 17 heavy (non-hydrogen) atoms. The van der Waals surface area contributed by atoms with Crippen molar-refractivity contribution < 1.29 is 4.74 Å². The van der Waals surface area contributed by atoms with E-state index in [1.54, 1.807) is 0 Å². The van der Waals surface area contributed by atoms with Crippen LogP contribution in [0.2, 0.25) is 5.02 Å². The molecule has 1 heterocycles. The summed E-state index contributed by atoms with van der Waals surface area (Å²) in [5, 5.41) is 0.787. The molecule has 0 aliphatic carbocycles. The van der Waals surface area contributed by atoms with Crippen LogP contribution in [0.25, 0.3) is 0 Å². The Morgan fingerprint density at radius 2 is 2.29 bits per heavy atom. The zero-order chi connectivity index (χ0) is 12.1. The van der Waals surface area contributed by atoms with Crippen LogP contribution < -0.4 is 0 Å². The number of benzene rings is 1. The van der Waals surface area contributed by atoms with Gasteiger partial charge in [0.15, 0.2) is 0 Å². The molecule has 0 spiro atoms. The van der Waals surface area contributed by atoms with Crippen LogP contribution in [-0.2, 0) is 4.74 Å². The van der Waals surface area contributed by atoms with Crippen LogP contribution in [0.1, 0.15) is 37.2 Å². The van der Waals surface area contributed by atoms with Gasteiger partial charge < -0.3 is 4.74 Å². The van der Waals surface area contributed by atoms with Gasteiger partial charge >= 0.3 is 0 Å². The summed E-state index contributed by atoms with van der Waals surface area (Å²) < 4.78 is 5.64. The first-order valence-electron chi connectivity index (χ1n) is 6.22. The summed E-state index contributed by atoms with van der Waals surface area (Å²) in [6.45, 7) is 0.924. The van der Waals surface area contributed by atoms with Crippen LogP contribution in [-0.4, -0.2) is 18.6 Å². The van der Waals surface area contributed by atoms with E-state index in [-0.39, 0.29) is 0 Å². The molecule has 1 aliphatic rings. The maximum absolute atomic E-state index is 6.06. The largest absolute Gasteiger partial charge is 0.378 e. The molecule has 0 radical (unpaired) electrons. The molecule has 1 aliphatic heterocycles. The average Bonchev–Trinajstić information content (AvgIpc) is 2.83. The molecule has 0 N–H and O–H groups in total. The van der Waals surface area contributed by atoms with Gasteiger partial charge in [-0.3, -0.25) is 0 Å². The van der Waals surface area contributed by atoms with Crippen LogP contribution in [0.15, 0.2) is 24.3 Å². The minimum Gasteiger partial charge on any atom is -0.378 e. The SMILES string of the molecule is ClCC(CCC1CCCO1)c1cccc(Cl)c1. The summed E-state index contributed by atoms with van der Waals surface area (Å²) in [7, 11) is 0. The molecule has 3 heteroatoms. The molecular weight excluding hydrogens is 255 g/mol. The molecule has 1 fully saturated rings. The Bertz CT molecular complexity index is 348. The minimum absolute atomic E-state index is 0.388. The fourth-order valence-corrected chi connectivity index (χ4v) is 2.88. The molecule has 2 unspecified atom stereocenters. The number of alkyl halides is 1. The van der Waals surface area contributed by atoms with Crippen LogP contribution >= 0.6 is 23.2 Å². The van der Waals surface area contributed by atoms with E-state index in [9.17, 15) is 0 Å². The lowest BCUT2D eigenvalue weighted by molar-refractivity contribution is 0.101. The third kappa shape index (κ3) is 3.87. The van der Waals surface area contributed by atoms with Gasteiger partial charge in [-0.15, -0.1) is 11.6 Å². The number of halogens is 2. The summed E-state index contributed by atoms with van der Waals surface area (Å²) in [5.74, 6) is 1.03. The Labute approximate surface area is 113 Å². The number of ether oxygens (including phenoxy) is 1. The van der Waals surface area contributed by atoms with Gasteiger partial charge in [0.25, 0.3) is 0 Å². The quantitative estimate of drug-likeness (QED) is 0.711. The van der Waals surface area contributed by atoms with E-state index in [1.165, 1.54) is 18.4 Å². The van der Waals surface area contributed by atoms with Crippen LogP contribution in [0.3, 0.4) is 0 Å². The molecule has 0 bridgehead atoms. The van der Waals surface area contributed by atoms with E-state index in [2.05, 4.69) is 6.07 Å². The molecule has 1 nitrogen and oxygen atoms in total. The molecule has 1 saturated heterocycles. The Morgan fingerprint density at radius 3 is 2.94 bits per heavy atom. The lowest BCUT2D eigenvalue weighted by Crippen LogP contribution is -2.09. The van der Waals surface area contributed by atoms with Crippen molar-refractivity contribution in [2.75, 3.05) is 12.5 Å². The zero-order valence-corrected chi connectivity index (χ0v) is 11.4. The van der Waals surface area contributed by atoms with E-state index in [1.807, 2.05) is 18.2 Å². The number of hydrogen-bond donors (Lipinski definition) is 0. The fraction of sp³-hybridized carbons (Fsp3) is 0.571. The van der Waals surface area contributed by atoms with E-state index in [0.717, 1.165) is 24.5 Å². The highest BCUT2D eigenvalue weighted by atomic mass is 35.5. The number of hydrogen-bond acceptors (Lipinski definition) is 1. The summed E-state index contributed by atoms with van der Waals surface area (Å²) in [4.78, 5) is 0. The standard InChI is InChI=1S/C14H18Cl2O/c15-10-12(6-7-14-5-2-8-17-14)11-3-1-4-13(16)9-11/h1,3-4,9,12,14H,2,5-8,10H2. The van der Waals surface area contributed by atoms with E-state index in [4.69, 9.17) is 27.9 Å². The van der Waals surface area contributed by atoms with Gasteiger partial charge in [-0.05, 0) is 49.3 Å². The molecule has 2 rings (SSSR count). The average molecular weight is 273 g/mol. The maximum atomic E-state index is 6.06. The first kappa shape index (κ1) is 13.2. The predicted octanol–water partition coefficient (Wildman–Crippen LogP) is 4.62. The molecule has 0 saturated carbocycles. The van der Waals surface area contributed by atoms with Gasteiger partial charge in [-0.25, -0.2) is 0 Å². The van der Waals surface area contributed by atoms with Crippen molar-refractivity contribution in [3.05, 3.63) is 34.9 Å². The molecule has 0 amide bonds. The van der Waals surface area contributed by atoms with Crippen LogP contribution in [0.4, 0.5) is 0 Å². The highest BCUT2D eigenvalue weighted by Gasteiger charge is 2.18. The highest BCUT2D eigenvalue weighted by Crippen LogP contribution is 2.28. The fourth-order valence-electron chi connectivity index (χ4n) is 2.35. The van der Waals surface area contributed by atoms with Crippen molar-refractivity contribution >= 4 is 23.2 Å². The Balaban J connectivity index is 1.91. The lowest BCUT2D eigenvalue weighted by Gasteiger charge is -2.17. The van der Waals surface area contributed by atoms with Crippen molar-refractivity contribution in [2.45, 2.75) is 37.7 Å². The summed E-state index contributed by atoms with van der Waals surface area (Å²) in [6, 6.07) is 8.01. The number of rotatable bonds is 5. The van der Waals surface area contributed by atoms with Gasteiger partial charge in [-0.1, -0.05) is 23.7 Å². The van der Waals surface area contributed by atoms with Crippen molar-refractivity contribution in [1.82, 2.24) is 0 Å². The molecule has 1 aromatic carbocycles. The van der Waals surface area contributed by atoms with E-state index >= 15 is 0 Å². The minimum atomic E-state index is 0.388. The maximum Gasteiger partial charge on any atom is 0.0576 e. The second kappa shape index (κ2) is 6.63. The normalized spacial score (nSPS) is 21.6. The van der Waals surface area contributed by atoms with Crippen LogP contribution in [0.5, 0.6) is 0 Å². The smallest absolute Gasteiger partial charge is 0.0576 e. The summed E-state index contributed by atoms with van der Waals surface area (Å²) in [5.41, 5.74) is 1.24. The monoisotopic (exact) mass is 272 g/mol. The molecule has 1 aromatic rings. The third-order valence-electron chi connectivity index (χ3n) is 3.37. The van der Waals surface area contributed by atoms with Crippen molar-refractivity contribution in [3.8, 4) is 0 Å². The van der Waals surface area contributed by atoms with E-state index in [0.29, 0.717) is 17.9 Å².